The van der Waals surface area contributed by atoms with Crippen molar-refractivity contribution in [3.05, 3.63) is 57.9 Å². The second kappa shape index (κ2) is 10.7. The van der Waals surface area contributed by atoms with Crippen LogP contribution in [0.2, 0.25) is 23.2 Å². The lowest BCUT2D eigenvalue weighted by Crippen LogP contribution is -2.61. The number of benzene rings is 2. The number of aryl methyl sites for hydroxylation is 1. The average molecular weight is 611 g/mol. The number of nitrogens with zero attached hydrogens (tertiary/aromatic N) is 2. The maximum atomic E-state index is 15.1. The van der Waals surface area contributed by atoms with Gasteiger partial charge in [-0.25, -0.2) is 12.8 Å². The lowest BCUT2D eigenvalue weighted by molar-refractivity contribution is -0.142. The molecule has 7 nitrogen and oxygen atoms in total. The molecule has 2 aliphatic rings. The molecule has 1 saturated carbocycles. The molecule has 2 aromatic rings. The van der Waals surface area contributed by atoms with E-state index in [4.69, 9.17) is 16.0 Å². The Balaban J connectivity index is 1.72. The number of hydrogen-bond donors (Lipinski definition) is 1. The lowest BCUT2D eigenvalue weighted by Gasteiger charge is -2.51. The highest BCUT2D eigenvalue weighted by Gasteiger charge is 2.50. The maximum Gasteiger partial charge on any atom is 0.322 e. The fraction of sp³-hybridized carbons (Fsp3) is 0.552. The molecule has 4 rings (SSSR count). The predicted octanol–water partition coefficient (Wildman–Crippen LogP) is 6.67. The number of halogens is 2. The third-order valence-corrected chi connectivity index (χ3v) is 15.7. The molecular weight excluding hydrogens is 571 g/mol. The maximum absolute atomic E-state index is 15.1. The van der Waals surface area contributed by atoms with Crippen LogP contribution in [0.3, 0.4) is 0 Å². The lowest BCUT2D eigenvalue weighted by atomic mass is 9.87. The van der Waals surface area contributed by atoms with E-state index < -0.39 is 42.1 Å². The Morgan fingerprint density at radius 1 is 1.18 bits per heavy atom. The van der Waals surface area contributed by atoms with E-state index in [1.807, 2.05) is 11.8 Å². The van der Waals surface area contributed by atoms with Gasteiger partial charge >= 0.3 is 5.97 Å². The van der Waals surface area contributed by atoms with Crippen molar-refractivity contribution in [2.45, 2.75) is 102 Å². The summed E-state index contributed by atoms with van der Waals surface area (Å²) in [5.41, 5.74) is 2.08. The summed E-state index contributed by atoms with van der Waals surface area (Å²) in [5, 5.41) is 10.8. The first kappa shape index (κ1) is 31.0. The molecule has 2 aromatic carbocycles. The summed E-state index contributed by atoms with van der Waals surface area (Å²) < 4.78 is 50.6. The summed E-state index contributed by atoms with van der Waals surface area (Å²) in [5.74, 6) is -2.83. The minimum atomic E-state index is -4.24. The van der Waals surface area contributed by atoms with Gasteiger partial charge in [0.1, 0.15) is 16.8 Å². The molecule has 1 N–H and O–H groups in total. The molecule has 0 spiro atoms. The zero-order valence-electron chi connectivity index (χ0n) is 24.5. The summed E-state index contributed by atoms with van der Waals surface area (Å²) in [6.07, 6.45) is 1.41. The molecule has 11 heteroatoms. The van der Waals surface area contributed by atoms with E-state index in [9.17, 15) is 18.3 Å². The number of carboxylic acids is 1. The van der Waals surface area contributed by atoms with Crippen LogP contribution >= 0.6 is 11.6 Å². The highest BCUT2D eigenvalue weighted by molar-refractivity contribution is 7.89. The minimum absolute atomic E-state index is 0.00296. The highest BCUT2D eigenvalue weighted by Crippen LogP contribution is 2.45. The Morgan fingerprint density at radius 3 is 2.38 bits per heavy atom. The molecule has 220 valence electrons. The second-order valence-corrected chi connectivity index (χ2v) is 19.8. The van der Waals surface area contributed by atoms with Crippen molar-refractivity contribution >= 4 is 41.6 Å². The zero-order chi connectivity index (χ0) is 29.9. The van der Waals surface area contributed by atoms with E-state index >= 15 is 4.39 Å². The van der Waals surface area contributed by atoms with Crippen molar-refractivity contribution in [2.75, 3.05) is 11.6 Å². The van der Waals surface area contributed by atoms with Gasteiger partial charge in [0, 0.05) is 23.1 Å². The minimum Gasteiger partial charge on any atom is -0.480 e. The molecule has 0 radical (unpaired) electrons. The summed E-state index contributed by atoms with van der Waals surface area (Å²) in [6, 6.07) is 5.90. The number of aliphatic carboxylic acids is 1. The zero-order valence-corrected chi connectivity index (χ0v) is 27.0. The van der Waals surface area contributed by atoms with Gasteiger partial charge in [-0.2, -0.15) is 4.31 Å². The topological polar surface area (TPSA) is 87.2 Å². The number of anilines is 1. The summed E-state index contributed by atoms with van der Waals surface area (Å²) >= 11 is 6.31. The molecule has 0 bridgehead atoms. The molecule has 1 aliphatic carbocycles. The predicted molar refractivity (Wildman–Crippen MR) is 159 cm³/mol. The Hall–Kier alpha value is -1.98. The normalized spacial score (nSPS) is 22.8. The van der Waals surface area contributed by atoms with E-state index in [1.165, 1.54) is 18.2 Å². The van der Waals surface area contributed by atoms with Gasteiger partial charge in [0.2, 0.25) is 10.0 Å². The number of carboxylic acid groups (broad SMARTS) is 1. The standard InChI is InChI=1S/C29H40ClFN2O5SSi/c1-17-9-11-23(31)26(18(17)2)19(3)27(28(34)35)33-16-32(24-13-20(30)10-12-25(24)39(33,36)37)21-14-22(15-21)38-40(7,8)29(4,5)6/h9-13,19,21-22,27H,14-16H2,1-8H3,(H,34,35)/t19-,21?,22?,27+/m1/s1. The summed E-state index contributed by atoms with van der Waals surface area (Å²) in [7, 11) is -6.23. The summed E-state index contributed by atoms with van der Waals surface area (Å²) in [4.78, 5) is 14.7. The van der Waals surface area contributed by atoms with E-state index in [0.29, 0.717) is 29.1 Å². The highest BCUT2D eigenvalue weighted by atomic mass is 35.5. The molecule has 40 heavy (non-hydrogen) atoms. The number of carbonyl (C=O) groups is 1. The van der Waals surface area contributed by atoms with Crippen LogP contribution in [-0.4, -0.2) is 57.0 Å². The largest absolute Gasteiger partial charge is 0.480 e. The smallest absolute Gasteiger partial charge is 0.322 e. The molecule has 2 atom stereocenters. The Bertz CT molecular complexity index is 1420. The van der Waals surface area contributed by atoms with Crippen LogP contribution in [0.4, 0.5) is 10.1 Å². The van der Waals surface area contributed by atoms with Crippen molar-refractivity contribution in [3.63, 3.8) is 0 Å². The van der Waals surface area contributed by atoms with Gasteiger partial charge in [-0.15, -0.1) is 0 Å². The van der Waals surface area contributed by atoms with Crippen molar-refractivity contribution in [1.82, 2.24) is 4.31 Å². The number of sulfonamides is 1. The first-order valence-electron chi connectivity index (χ1n) is 13.6. The van der Waals surface area contributed by atoms with Crippen LogP contribution in [0.25, 0.3) is 0 Å². The van der Waals surface area contributed by atoms with Crippen LogP contribution in [0.1, 0.15) is 63.1 Å². The first-order chi connectivity index (χ1) is 18.4. The Morgan fingerprint density at radius 2 is 1.80 bits per heavy atom. The monoisotopic (exact) mass is 610 g/mol. The van der Waals surface area contributed by atoms with Crippen LogP contribution in [-0.2, 0) is 19.2 Å². The van der Waals surface area contributed by atoms with E-state index in [-0.39, 0.29) is 34.3 Å². The number of rotatable bonds is 7. The van der Waals surface area contributed by atoms with Crippen molar-refractivity contribution in [1.29, 1.82) is 0 Å². The van der Waals surface area contributed by atoms with E-state index in [1.54, 1.807) is 26.0 Å². The van der Waals surface area contributed by atoms with Crippen LogP contribution < -0.4 is 4.90 Å². The van der Waals surface area contributed by atoms with Crippen molar-refractivity contribution < 1.29 is 27.1 Å². The summed E-state index contributed by atoms with van der Waals surface area (Å²) in [6.45, 7) is 15.9. The van der Waals surface area contributed by atoms with Gasteiger partial charge in [-0.05, 0) is 85.8 Å². The quantitative estimate of drug-likeness (QED) is 0.352. The SMILES string of the molecule is Cc1ccc(F)c([C@@H](C)[C@@H](C(=O)O)N2CN(C3CC(O[Si](C)(C)C(C)(C)C)C3)c3cc(Cl)ccc3S2(=O)=O)c1C. The van der Waals surface area contributed by atoms with Gasteiger partial charge in [0.25, 0.3) is 0 Å². The van der Waals surface area contributed by atoms with Crippen molar-refractivity contribution in [2.24, 2.45) is 0 Å². The molecule has 1 fully saturated rings. The number of hydrogen-bond acceptors (Lipinski definition) is 5. The molecule has 0 saturated heterocycles. The van der Waals surface area contributed by atoms with Gasteiger partial charge in [0.05, 0.1) is 12.4 Å². The van der Waals surface area contributed by atoms with Crippen molar-refractivity contribution in [3.8, 4) is 0 Å². The average Bonchev–Trinajstić information content (AvgIpc) is 2.79. The van der Waals surface area contributed by atoms with Gasteiger partial charge in [-0.1, -0.05) is 45.4 Å². The van der Waals surface area contributed by atoms with Crippen LogP contribution in [0, 0.1) is 19.7 Å². The molecule has 0 unspecified atom stereocenters. The molecule has 0 aromatic heterocycles. The van der Waals surface area contributed by atoms with Crippen LogP contribution in [0.5, 0.6) is 0 Å². The van der Waals surface area contributed by atoms with E-state index in [2.05, 4.69) is 33.9 Å². The third kappa shape index (κ3) is 5.45. The molecule has 0 amide bonds. The second-order valence-electron chi connectivity index (χ2n) is 12.7. The van der Waals surface area contributed by atoms with Crippen LogP contribution in [0.15, 0.2) is 35.2 Å². The fourth-order valence-corrected chi connectivity index (χ4v) is 8.83. The Kier molecular flexibility index (Phi) is 8.28. The van der Waals surface area contributed by atoms with E-state index in [0.717, 1.165) is 9.87 Å². The molecular formula is C29H40ClFN2O5SSi. The van der Waals surface area contributed by atoms with Gasteiger partial charge in [0.15, 0.2) is 8.32 Å². The third-order valence-electron chi connectivity index (χ3n) is 9.11. The first-order valence-corrected chi connectivity index (χ1v) is 18.3. The Labute approximate surface area is 243 Å². The number of fused-ring (bicyclic) bond motifs is 1. The molecule has 1 aliphatic heterocycles. The van der Waals surface area contributed by atoms with Gasteiger partial charge < -0.3 is 14.4 Å². The van der Waals surface area contributed by atoms with Gasteiger partial charge in [-0.3, -0.25) is 4.79 Å². The fourth-order valence-electron chi connectivity index (χ4n) is 5.50. The molecule has 1 heterocycles.